The maximum Gasteiger partial charge on any atom is 0.335 e. The van der Waals surface area contributed by atoms with E-state index in [9.17, 15) is 13.2 Å². The topological polar surface area (TPSA) is 113 Å². The third kappa shape index (κ3) is 2.27. The Bertz CT molecular complexity index is 697. The lowest BCUT2D eigenvalue weighted by atomic mass is 10.1. The molecule has 0 bridgehead atoms. The highest BCUT2D eigenvalue weighted by Crippen LogP contribution is 2.32. The number of nitrogens with zero attached hydrogens (tertiary/aromatic N) is 2. The first kappa shape index (κ1) is 14.5. The Kier molecular flexibility index (Phi) is 3.53. The van der Waals surface area contributed by atoms with E-state index in [4.69, 9.17) is 10.9 Å². The minimum atomic E-state index is -3.93. The van der Waals surface area contributed by atoms with E-state index in [2.05, 4.69) is 4.40 Å². The Morgan fingerprint density at radius 3 is 2.70 bits per heavy atom. The van der Waals surface area contributed by atoms with Crippen molar-refractivity contribution in [1.82, 2.24) is 0 Å². The fourth-order valence-electron chi connectivity index (χ4n) is 1.90. The Balaban J connectivity index is 2.64. The van der Waals surface area contributed by atoms with Crippen molar-refractivity contribution >= 4 is 27.5 Å². The van der Waals surface area contributed by atoms with Crippen molar-refractivity contribution in [2.45, 2.75) is 25.2 Å². The van der Waals surface area contributed by atoms with Gasteiger partial charge in [-0.1, -0.05) is 13.8 Å². The highest BCUT2D eigenvalue weighted by molar-refractivity contribution is 7.90. The van der Waals surface area contributed by atoms with Crippen LogP contribution in [0.2, 0.25) is 0 Å². The molecule has 0 saturated carbocycles. The van der Waals surface area contributed by atoms with E-state index in [1.54, 1.807) is 0 Å². The van der Waals surface area contributed by atoms with Crippen molar-refractivity contribution in [3.63, 3.8) is 0 Å². The van der Waals surface area contributed by atoms with Crippen LogP contribution in [0.5, 0.6) is 0 Å². The van der Waals surface area contributed by atoms with E-state index in [1.807, 2.05) is 13.8 Å². The first-order valence-electron chi connectivity index (χ1n) is 6.05. The Morgan fingerprint density at radius 1 is 1.50 bits per heavy atom. The largest absolute Gasteiger partial charge is 0.478 e. The van der Waals surface area contributed by atoms with Gasteiger partial charge in [-0.3, -0.25) is 5.01 Å². The summed E-state index contributed by atoms with van der Waals surface area (Å²) < 4.78 is 28.0. The lowest BCUT2D eigenvalue weighted by molar-refractivity contribution is 0.0696. The number of hydrogen-bond donors (Lipinski definition) is 2. The molecule has 1 unspecified atom stereocenters. The zero-order chi connectivity index (χ0) is 15.1. The molecule has 1 heterocycles. The first-order valence-corrected chi connectivity index (χ1v) is 7.49. The smallest absolute Gasteiger partial charge is 0.335 e. The summed E-state index contributed by atoms with van der Waals surface area (Å²) in [5.41, 5.74) is 0.114. The average Bonchev–Trinajstić information content (AvgIpc) is 2.41. The van der Waals surface area contributed by atoms with Crippen LogP contribution in [0.4, 0.5) is 5.69 Å². The third-order valence-corrected chi connectivity index (χ3v) is 4.57. The molecular weight excluding hydrogens is 282 g/mol. The summed E-state index contributed by atoms with van der Waals surface area (Å²) in [7, 11) is -3.93. The van der Waals surface area contributed by atoms with Gasteiger partial charge in [0.25, 0.3) is 10.0 Å². The van der Waals surface area contributed by atoms with Crippen LogP contribution in [0, 0.1) is 5.92 Å². The molecule has 0 aliphatic carbocycles. The van der Waals surface area contributed by atoms with Gasteiger partial charge >= 0.3 is 5.97 Å². The van der Waals surface area contributed by atoms with E-state index in [-0.39, 0.29) is 27.9 Å². The number of benzene rings is 1. The molecule has 0 radical (unpaired) electrons. The van der Waals surface area contributed by atoms with Crippen molar-refractivity contribution in [2.24, 2.45) is 16.2 Å². The number of hydrazine groups is 1. The van der Waals surface area contributed by atoms with E-state index in [1.165, 1.54) is 17.1 Å². The molecule has 1 aromatic carbocycles. The number of anilines is 1. The minimum absolute atomic E-state index is 0.122. The summed E-state index contributed by atoms with van der Waals surface area (Å²) >= 11 is 0. The van der Waals surface area contributed by atoms with Crippen molar-refractivity contribution in [2.75, 3.05) is 5.01 Å². The second-order valence-electron chi connectivity index (χ2n) is 4.59. The van der Waals surface area contributed by atoms with Crippen LogP contribution in [0.1, 0.15) is 30.6 Å². The van der Waals surface area contributed by atoms with Gasteiger partial charge in [0.1, 0.15) is 10.7 Å². The number of nitrogens with two attached hydrogens (primary N) is 1. The number of carboxylic acid groups (broad SMARTS) is 1. The van der Waals surface area contributed by atoms with Crippen LogP contribution in [0.15, 0.2) is 27.5 Å². The molecular formula is C12H15N3O4S. The molecule has 20 heavy (non-hydrogen) atoms. The van der Waals surface area contributed by atoms with E-state index in [0.717, 1.165) is 6.07 Å². The van der Waals surface area contributed by atoms with Crippen molar-refractivity contribution in [3.8, 4) is 0 Å². The Morgan fingerprint density at radius 2 is 2.15 bits per heavy atom. The van der Waals surface area contributed by atoms with Crippen LogP contribution >= 0.6 is 0 Å². The third-order valence-electron chi connectivity index (χ3n) is 3.26. The predicted octanol–water partition coefficient (Wildman–Crippen LogP) is 1.21. The van der Waals surface area contributed by atoms with Crippen LogP contribution < -0.4 is 10.9 Å². The fourth-order valence-corrected chi connectivity index (χ4v) is 3.22. The molecule has 0 spiro atoms. The summed E-state index contributed by atoms with van der Waals surface area (Å²) in [5, 5.41) is 10.1. The number of hydrogen-bond acceptors (Lipinski definition) is 5. The number of amidine groups is 1. The number of fused-ring (bicyclic) bond motifs is 1. The standard InChI is InChI=1S/C12H15N3O4S/c1-3-7(2)11-14-20(18,19)10-6-8(12(16)17)4-5-9(10)15(11)13/h4-7H,3,13H2,1-2H3,(H,16,17). The molecule has 2 rings (SSSR count). The van der Waals surface area contributed by atoms with Gasteiger partial charge in [0.05, 0.1) is 11.3 Å². The summed E-state index contributed by atoms with van der Waals surface area (Å²) in [4.78, 5) is 10.7. The quantitative estimate of drug-likeness (QED) is 0.811. The number of rotatable bonds is 3. The average molecular weight is 297 g/mol. The molecule has 108 valence electrons. The lowest BCUT2D eigenvalue weighted by Gasteiger charge is -2.29. The molecule has 7 nitrogen and oxygen atoms in total. The normalized spacial score (nSPS) is 18.1. The highest BCUT2D eigenvalue weighted by Gasteiger charge is 2.32. The molecule has 3 N–H and O–H groups in total. The van der Waals surface area contributed by atoms with Crippen LogP contribution in [-0.2, 0) is 10.0 Å². The molecule has 1 aliphatic rings. The zero-order valence-electron chi connectivity index (χ0n) is 11.1. The van der Waals surface area contributed by atoms with E-state index >= 15 is 0 Å². The van der Waals surface area contributed by atoms with Gasteiger partial charge in [0.2, 0.25) is 0 Å². The van der Waals surface area contributed by atoms with Crippen molar-refractivity contribution in [3.05, 3.63) is 23.8 Å². The molecule has 0 saturated heterocycles. The second-order valence-corrected chi connectivity index (χ2v) is 6.16. The minimum Gasteiger partial charge on any atom is -0.478 e. The number of carbonyl (C=O) groups is 1. The maximum absolute atomic E-state index is 12.2. The Hall–Kier alpha value is -1.93. The van der Waals surface area contributed by atoms with Crippen LogP contribution in [-0.4, -0.2) is 25.3 Å². The van der Waals surface area contributed by atoms with Crippen molar-refractivity contribution < 1.29 is 18.3 Å². The van der Waals surface area contributed by atoms with E-state index < -0.39 is 16.0 Å². The van der Waals surface area contributed by atoms with Gasteiger partial charge in [-0.05, 0) is 24.6 Å². The van der Waals surface area contributed by atoms with Gasteiger partial charge in [-0.25, -0.2) is 10.6 Å². The first-order chi connectivity index (χ1) is 9.27. The predicted molar refractivity (Wildman–Crippen MR) is 74.1 cm³/mol. The van der Waals surface area contributed by atoms with E-state index in [0.29, 0.717) is 6.42 Å². The molecule has 0 aromatic heterocycles. The molecule has 0 fully saturated rings. The zero-order valence-corrected chi connectivity index (χ0v) is 11.9. The molecule has 0 amide bonds. The monoisotopic (exact) mass is 297 g/mol. The summed E-state index contributed by atoms with van der Waals surface area (Å²) in [6.07, 6.45) is 0.685. The fraction of sp³-hybridized carbons (Fsp3) is 0.333. The van der Waals surface area contributed by atoms with Crippen molar-refractivity contribution in [1.29, 1.82) is 0 Å². The van der Waals surface area contributed by atoms with Gasteiger partial charge in [0.15, 0.2) is 0 Å². The van der Waals surface area contributed by atoms with Gasteiger partial charge < -0.3 is 5.11 Å². The Labute approximate surface area is 116 Å². The number of carboxylic acids is 1. The van der Waals surface area contributed by atoms with Crippen LogP contribution in [0.3, 0.4) is 0 Å². The lowest BCUT2D eigenvalue weighted by Crippen LogP contribution is -2.44. The summed E-state index contributed by atoms with van der Waals surface area (Å²) in [5.74, 6) is 4.83. The number of sulfonamides is 1. The SMILES string of the molecule is CCC(C)C1=NS(=O)(=O)c2cc(C(=O)O)ccc2N1N. The second kappa shape index (κ2) is 4.88. The number of aromatic carboxylic acids is 1. The molecule has 1 aliphatic heterocycles. The summed E-state index contributed by atoms with van der Waals surface area (Å²) in [6.45, 7) is 3.72. The van der Waals surface area contributed by atoms with Crippen LogP contribution in [0.25, 0.3) is 0 Å². The van der Waals surface area contributed by atoms with Gasteiger partial charge in [-0.15, -0.1) is 4.40 Å². The molecule has 8 heteroatoms. The maximum atomic E-state index is 12.2. The van der Waals surface area contributed by atoms with Gasteiger partial charge in [0, 0.05) is 5.92 Å². The van der Waals surface area contributed by atoms with Gasteiger partial charge in [-0.2, -0.15) is 8.42 Å². The summed E-state index contributed by atoms with van der Waals surface area (Å²) in [6, 6.07) is 3.77. The molecule has 1 atom stereocenters. The highest BCUT2D eigenvalue weighted by atomic mass is 32.2. The molecule has 1 aromatic rings.